The fraction of sp³-hybridized carbons (Fsp3) is 0.312. The Bertz CT molecular complexity index is 572. The molecule has 0 radical (unpaired) electrons. The number of hydrogen-bond donors (Lipinski definition) is 1. The molecule has 98 valence electrons. The average Bonchev–Trinajstić information content (AvgIpc) is 3.08. The molecule has 0 fully saturated rings. The van der Waals surface area contributed by atoms with E-state index >= 15 is 0 Å². The van der Waals surface area contributed by atoms with Crippen LogP contribution in [0.1, 0.15) is 33.7 Å². The second-order valence-corrected chi connectivity index (χ2v) is 4.94. The van der Waals surface area contributed by atoms with E-state index in [4.69, 9.17) is 4.42 Å². The van der Waals surface area contributed by atoms with Crippen molar-refractivity contribution in [3.05, 3.63) is 59.0 Å². The Morgan fingerprint density at radius 3 is 2.95 bits per heavy atom. The molecule has 1 heterocycles. The van der Waals surface area contributed by atoms with Crippen molar-refractivity contribution in [3.8, 4) is 0 Å². The number of aryl methyl sites for hydroxylation is 2. The van der Waals surface area contributed by atoms with E-state index in [1.807, 2.05) is 18.2 Å². The number of rotatable bonds is 5. The minimum absolute atomic E-state index is 0.140. The molecule has 3 heteroatoms. The van der Waals surface area contributed by atoms with Crippen LogP contribution in [0.5, 0.6) is 0 Å². The third-order valence-electron chi connectivity index (χ3n) is 3.59. The Kier molecular flexibility index (Phi) is 3.47. The zero-order valence-corrected chi connectivity index (χ0v) is 10.8. The molecule has 0 atom stereocenters. The first-order valence-corrected chi connectivity index (χ1v) is 6.71. The second-order valence-electron chi connectivity index (χ2n) is 4.94. The Labute approximate surface area is 112 Å². The summed E-state index contributed by atoms with van der Waals surface area (Å²) in [6, 6.07) is 9.84. The number of fused-ring (bicyclic) bond motifs is 1. The van der Waals surface area contributed by atoms with E-state index in [1.165, 1.54) is 17.5 Å². The molecule has 1 aromatic carbocycles. The predicted octanol–water partition coefficient (Wildman–Crippen LogP) is 2.74. The maximum atomic E-state index is 12.1. The summed E-state index contributed by atoms with van der Waals surface area (Å²) in [7, 11) is 0. The molecule has 1 N–H and O–H groups in total. The lowest BCUT2D eigenvalue weighted by molar-refractivity contribution is 0.0990. The van der Waals surface area contributed by atoms with E-state index in [0.29, 0.717) is 13.1 Å². The highest BCUT2D eigenvalue weighted by Crippen LogP contribution is 2.22. The minimum Gasteiger partial charge on any atom is -0.468 e. The van der Waals surface area contributed by atoms with Crippen molar-refractivity contribution in [2.24, 2.45) is 0 Å². The SMILES string of the molecule is O=C(CNCc1ccco1)c1ccc2c(c1)CCC2. The van der Waals surface area contributed by atoms with Gasteiger partial charge in [0.2, 0.25) is 0 Å². The second kappa shape index (κ2) is 5.41. The van der Waals surface area contributed by atoms with Crippen LogP contribution in [0.4, 0.5) is 0 Å². The number of carbonyl (C=O) groups is 1. The number of Topliss-reactive ketones (excluding diaryl/α,β-unsaturated/α-hetero) is 1. The number of ketones is 1. The van der Waals surface area contributed by atoms with Gasteiger partial charge in [0.05, 0.1) is 19.4 Å². The third kappa shape index (κ3) is 2.76. The summed E-state index contributed by atoms with van der Waals surface area (Å²) in [5.41, 5.74) is 3.56. The normalized spacial score (nSPS) is 13.5. The van der Waals surface area contributed by atoms with Crippen LogP contribution in [-0.4, -0.2) is 12.3 Å². The van der Waals surface area contributed by atoms with Crippen molar-refractivity contribution in [2.75, 3.05) is 6.54 Å². The largest absolute Gasteiger partial charge is 0.468 e. The summed E-state index contributed by atoms with van der Waals surface area (Å²) in [6.07, 6.45) is 5.11. The quantitative estimate of drug-likeness (QED) is 0.835. The summed E-state index contributed by atoms with van der Waals surface area (Å²) in [6.45, 7) is 0.934. The van der Waals surface area contributed by atoms with Crippen LogP contribution < -0.4 is 5.32 Å². The standard InChI is InChI=1S/C16H17NO2/c18-16(11-17-10-15-5-2-8-19-15)14-7-6-12-3-1-4-13(12)9-14/h2,5-9,17H,1,3-4,10-11H2. The van der Waals surface area contributed by atoms with Crippen LogP contribution in [0.15, 0.2) is 41.0 Å². The highest BCUT2D eigenvalue weighted by atomic mass is 16.3. The van der Waals surface area contributed by atoms with Crippen molar-refractivity contribution >= 4 is 5.78 Å². The fourth-order valence-electron chi connectivity index (χ4n) is 2.56. The third-order valence-corrected chi connectivity index (χ3v) is 3.59. The Hall–Kier alpha value is -1.87. The molecule has 2 aromatic rings. The molecule has 0 bridgehead atoms. The Morgan fingerprint density at radius 2 is 2.11 bits per heavy atom. The summed E-state index contributed by atoms with van der Waals surface area (Å²) >= 11 is 0. The van der Waals surface area contributed by atoms with Crippen LogP contribution in [-0.2, 0) is 19.4 Å². The van der Waals surface area contributed by atoms with Crippen molar-refractivity contribution < 1.29 is 9.21 Å². The lowest BCUT2D eigenvalue weighted by atomic mass is 10.0. The molecule has 0 unspecified atom stereocenters. The molecule has 0 saturated carbocycles. The van der Waals surface area contributed by atoms with Crippen LogP contribution in [0.25, 0.3) is 0 Å². The number of carbonyl (C=O) groups excluding carboxylic acids is 1. The van der Waals surface area contributed by atoms with Gasteiger partial charge in [-0.2, -0.15) is 0 Å². The molecule has 3 nitrogen and oxygen atoms in total. The molecule has 1 aromatic heterocycles. The average molecular weight is 255 g/mol. The summed E-state index contributed by atoms with van der Waals surface area (Å²) in [4.78, 5) is 12.1. The van der Waals surface area contributed by atoms with Gasteiger partial charge in [0.15, 0.2) is 5.78 Å². The zero-order chi connectivity index (χ0) is 13.1. The van der Waals surface area contributed by atoms with Gasteiger partial charge < -0.3 is 9.73 Å². The minimum atomic E-state index is 0.140. The monoisotopic (exact) mass is 255 g/mol. The van der Waals surface area contributed by atoms with Gasteiger partial charge in [-0.25, -0.2) is 0 Å². The van der Waals surface area contributed by atoms with Gasteiger partial charge in [0, 0.05) is 5.56 Å². The Balaban J connectivity index is 1.58. The van der Waals surface area contributed by atoms with Crippen LogP contribution >= 0.6 is 0 Å². The van der Waals surface area contributed by atoms with Crippen LogP contribution in [0, 0.1) is 0 Å². The van der Waals surface area contributed by atoms with Crippen molar-refractivity contribution in [1.29, 1.82) is 0 Å². The van der Waals surface area contributed by atoms with Gasteiger partial charge in [-0.05, 0) is 48.6 Å². The van der Waals surface area contributed by atoms with E-state index in [2.05, 4.69) is 17.4 Å². The van der Waals surface area contributed by atoms with Gasteiger partial charge in [-0.15, -0.1) is 0 Å². The number of hydrogen-bond acceptors (Lipinski definition) is 3. The van der Waals surface area contributed by atoms with Crippen molar-refractivity contribution in [1.82, 2.24) is 5.32 Å². The maximum absolute atomic E-state index is 12.1. The van der Waals surface area contributed by atoms with Gasteiger partial charge in [0.25, 0.3) is 0 Å². The van der Waals surface area contributed by atoms with Crippen molar-refractivity contribution in [3.63, 3.8) is 0 Å². The first-order valence-electron chi connectivity index (χ1n) is 6.71. The van der Waals surface area contributed by atoms with Gasteiger partial charge >= 0.3 is 0 Å². The van der Waals surface area contributed by atoms with Crippen molar-refractivity contribution in [2.45, 2.75) is 25.8 Å². The lowest BCUT2D eigenvalue weighted by Gasteiger charge is -2.05. The maximum Gasteiger partial charge on any atom is 0.176 e. The van der Waals surface area contributed by atoms with Gasteiger partial charge in [-0.3, -0.25) is 4.79 Å². The summed E-state index contributed by atoms with van der Waals surface area (Å²) < 4.78 is 5.21. The zero-order valence-electron chi connectivity index (χ0n) is 10.8. The van der Waals surface area contributed by atoms with E-state index < -0.39 is 0 Å². The summed E-state index contributed by atoms with van der Waals surface area (Å²) in [5, 5.41) is 3.11. The van der Waals surface area contributed by atoms with E-state index in [9.17, 15) is 4.79 Å². The molecular weight excluding hydrogens is 238 g/mol. The van der Waals surface area contributed by atoms with E-state index in [0.717, 1.165) is 24.2 Å². The molecule has 0 spiro atoms. The summed E-state index contributed by atoms with van der Waals surface area (Å²) in [5.74, 6) is 0.989. The smallest absolute Gasteiger partial charge is 0.176 e. The van der Waals surface area contributed by atoms with E-state index in [-0.39, 0.29) is 5.78 Å². The fourth-order valence-corrected chi connectivity index (χ4v) is 2.56. The number of furan rings is 1. The first kappa shape index (κ1) is 12.2. The van der Waals surface area contributed by atoms with Gasteiger partial charge in [-0.1, -0.05) is 12.1 Å². The predicted molar refractivity (Wildman–Crippen MR) is 73.2 cm³/mol. The highest BCUT2D eigenvalue weighted by molar-refractivity contribution is 5.97. The van der Waals surface area contributed by atoms with E-state index in [1.54, 1.807) is 6.26 Å². The van der Waals surface area contributed by atoms with Crippen LogP contribution in [0.2, 0.25) is 0 Å². The van der Waals surface area contributed by atoms with Crippen LogP contribution in [0.3, 0.4) is 0 Å². The topological polar surface area (TPSA) is 42.2 Å². The molecule has 1 aliphatic carbocycles. The molecule has 3 rings (SSSR count). The molecule has 1 aliphatic rings. The molecule has 0 saturated heterocycles. The lowest BCUT2D eigenvalue weighted by Crippen LogP contribution is -2.22. The van der Waals surface area contributed by atoms with Gasteiger partial charge in [0.1, 0.15) is 5.76 Å². The number of benzene rings is 1. The molecule has 19 heavy (non-hydrogen) atoms. The molecule has 0 aliphatic heterocycles. The number of nitrogens with one attached hydrogen (secondary N) is 1. The first-order chi connectivity index (χ1) is 9.33. The molecule has 0 amide bonds. The Morgan fingerprint density at radius 1 is 1.21 bits per heavy atom. The molecular formula is C16H17NO2. The highest BCUT2D eigenvalue weighted by Gasteiger charge is 2.13.